The summed E-state index contributed by atoms with van der Waals surface area (Å²) in [5.74, 6) is 1.25. The zero-order valence-corrected chi connectivity index (χ0v) is 86.5. The van der Waals surface area contributed by atoms with E-state index in [2.05, 4.69) is 51.4 Å². The quantitative estimate of drug-likeness (QED) is 0.109. The molecular weight excluding hydrogens is 1950 g/mol. The van der Waals surface area contributed by atoms with Crippen molar-refractivity contribution in [2.75, 3.05) is 0 Å². The molecule has 0 radical (unpaired) electrons. The van der Waals surface area contributed by atoms with E-state index >= 15 is 0 Å². The lowest BCUT2D eigenvalue weighted by Gasteiger charge is -2.25. The summed E-state index contributed by atoms with van der Waals surface area (Å²) in [4.78, 5) is 216. The highest BCUT2D eigenvalue weighted by molar-refractivity contribution is 7.13. The fourth-order valence-corrected chi connectivity index (χ4v) is 28.7. The summed E-state index contributed by atoms with van der Waals surface area (Å²) in [6.07, 6.45) is 23.6. The van der Waals surface area contributed by atoms with Crippen molar-refractivity contribution in [2.45, 2.75) is 300 Å². The van der Waals surface area contributed by atoms with E-state index in [0.717, 1.165) is 260 Å². The molecule has 0 spiro atoms. The topological polar surface area (TPSA) is 311 Å². The first-order chi connectivity index (χ1) is 68.3. The van der Waals surface area contributed by atoms with Crippen molar-refractivity contribution in [1.29, 1.82) is 0 Å². The monoisotopic (exact) mass is 2060 g/mol. The second-order valence-corrected chi connectivity index (χ2v) is 47.0. The van der Waals surface area contributed by atoms with E-state index in [4.69, 9.17) is 0 Å². The molecule has 742 valence electrons. The number of rotatable bonds is 8. The minimum atomic E-state index is -0.375. The number of aryl methyl sites for hydroxylation is 1. The minimum absolute atomic E-state index is 0.0251. The van der Waals surface area contributed by atoms with Crippen LogP contribution in [0.15, 0.2) is 170 Å². The molecule has 0 unspecified atom stereocenters. The summed E-state index contributed by atoms with van der Waals surface area (Å²) in [7, 11) is 0. The average Bonchev–Trinajstić information content (AvgIpc) is 1.62. The van der Waals surface area contributed by atoms with Crippen LogP contribution in [0.5, 0.6) is 0 Å². The Kier molecular flexibility index (Phi) is 32.3. The van der Waals surface area contributed by atoms with Gasteiger partial charge < -0.3 is 44.5 Å². The Labute approximate surface area is 858 Å². The van der Waals surface area contributed by atoms with E-state index in [9.17, 15) is 76.7 Å². The van der Waals surface area contributed by atoms with Crippen LogP contribution in [0.1, 0.15) is 321 Å². The van der Waals surface area contributed by atoms with E-state index in [0.29, 0.717) is 109 Å². The molecule has 142 heavy (non-hydrogen) atoms. The van der Waals surface area contributed by atoms with E-state index < -0.39 is 0 Å². The van der Waals surface area contributed by atoms with Gasteiger partial charge in [0.05, 0.1) is 119 Å². The summed E-state index contributed by atoms with van der Waals surface area (Å²) < 4.78 is 0. The molecule has 8 atom stereocenters. The Bertz CT molecular complexity index is 5930. The second-order valence-electron chi connectivity index (χ2n) is 39.2. The molecule has 25 nitrogen and oxygen atoms in total. The standard InChI is InChI=1S/C15H17NO2S.5C14H15NO2S.C13H15NO2S.C11H10N2O2S/c1-9-4-3-5-13(14(17)6-9)16-7-11-10(2)19-8-12(11)15(16)18;1-9-3-2-4-12(13(16)5-9)15-6-10-7-18-8-11(10)14(15)17;3*1-9-3-2-4-11(12(16)7-9)15-8-13-10(14(15)17)5-6-18-13;1-9-3-2-4-11(12(16)7-9)15-8-10-5-6-18-13(10)14(15)17;15-11-5-3-1-2-4-10(11)14-8-12-9(13(14)16)6-7-17-12;1-6-4-8(10(14)12-6)13-5-9-7(11(13)15)2-3-16-9/h8,13H,1,3-7H2,2H3;7-8,12H,1-6H2;4*5-6,11H,1-4,7-8H2;6-7,10H,1-5,8H2;2-3,8H,1,4-5H2,(H,12,14)/t13-;12-;4*11-;10-;8-/m00100000/s1. The molecule has 0 bridgehead atoms. The van der Waals surface area contributed by atoms with Gasteiger partial charge in [0.25, 0.3) is 47.3 Å². The molecule has 1 saturated heterocycles. The van der Waals surface area contributed by atoms with Crippen LogP contribution < -0.4 is 5.32 Å². The Morgan fingerprint density at radius 3 is 0.887 bits per heavy atom. The number of fused-ring (bicyclic) bond motifs is 8. The first-order valence-corrected chi connectivity index (χ1v) is 56.1. The Morgan fingerprint density at radius 2 is 0.563 bits per heavy atom. The van der Waals surface area contributed by atoms with Gasteiger partial charge >= 0.3 is 0 Å². The number of hydrogen-bond donors (Lipinski definition) is 1. The summed E-state index contributed by atoms with van der Waals surface area (Å²) in [6.45, 7) is 34.1. The van der Waals surface area contributed by atoms with Crippen molar-refractivity contribution in [1.82, 2.24) is 44.5 Å². The van der Waals surface area contributed by atoms with Gasteiger partial charge in [-0.2, -0.15) is 11.3 Å². The van der Waals surface area contributed by atoms with Crippen LogP contribution in [-0.4, -0.2) is 181 Å². The third-order valence-electron chi connectivity index (χ3n) is 29.4. The van der Waals surface area contributed by atoms with Gasteiger partial charge in [0, 0.05) is 117 Å². The normalized spacial score (nSPS) is 24.3. The predicted molar refractivity (Wildman–Crippen MR) is 554 cm³/mol. The molecule has 8 aromatic rings. The van der Waals surface area contributed by atoms with Crippen molar-refractivity contribution in [3.63, 3.8) is 0 Å². The molecule has 8 fully saturated rings. The number of nitrogens with one attached hydrogen (secondary N) is 1. The minimum Gasteiger partial charge on any atom is -0.328 e. The lowest BCUT2D eigenvalue weighted by molar-refractivity contribution is -0.124. The molecule has 9 aliphatic heterocycles. The number of nitrogens with zero attached hydrogens (tertiary/aromatic N) is 8. The van der Waals surface area contributed by atoms with E-state index in [-0.39, 0.29) is 142 Å². The molecule has 8 aromatic heterocycles. The zero-order chi connectivity index (χ0) is 100. The van der Waals surface area contributed by atoms with Crippen LogP contribution in [0.4, 0.5) is 0 Å². The largest absolute Gasteiger partial charge is 0.328 e. The van der Waals surface area contributed by atoms with Crippen molar-refractivity contribution in [3.8, 4) is 0 Å². The molecule has 17 heterocycles. The number of carbonyl (C=O) groups is 16. The maximum Gasteiger partial charge on any atom is 0.265 e. The van der Waals surface area contributed by atoms with Crippen molar-refractivity contribution in [2.24, 2.45) is 0 Å². The molecule has 9 amide bonds. The first-order valence-electron chi connectivity index (χ1n) is 49.0. The highest BCUT2D eigenvalue weighted by atomic mass is 32.1. The highest BCUT2D eigenvalue weighted by Crippen LogP contribution is 2.43. The van der Waals surface area contributed by atoms with Gasteiger partial charge in [0.2, 0.25) is 5.91 Å². The van der Waals surface area contributed by atoms with Gasteiger partial charge in [0.15, 0.2) is 40.5 Å². The Morgan fingerprint density at radius 1 is 0.268 bits per heavy atom. The number of thiophene rings is 8. The maximum absolute atomic E-state index is 12.4. The average molecular weight is 2070 g/mol. The third kappa shape index (κ3) is 22.2. The van der Waals surface area contributed by atoms with Gasteiger partial charge in [-0.3, -0.25) is 76.7 Å². The van der Waals surface area contributed by atoms with Gasteiger partial charge in [-0.05, 0) is 226 Å². The molecule has 24 rings (SSSR count). The van der Waals surface area contributed by atoms with E-state index in [1.165, 1.54) is 16.2 Å². The number of hydrogen-bond acceptors (Lipinski definition) is 24. The Hall–Kier alpha value is -11.3. The summed E-state index contributed by atoms with van der Waals surface area (Å²) in [5.41, 5.74) is 15.5. The molecule has 7 saturated carbocycles. The van der Waals surface area contributed by atoms with E-state index in [1.54, 1.807) is 119 Å². The van der Waals surface area contributed by atoms with Gasteiger partial charge in [0.1, 0.15) is 6.04 Å². The second kappa shape index (κ2) is 44.9. The van der Waals surface area contributed by atoms with Crippen molar-refractivity contribution >= 4 is 184 Å². The van der Waals surface area contributed by atoms with Crippen LogP contribution >= 0.6 is 90.7 Å². The molecule has 16 aliphatic rings. The zero-order valence-electron chi connectivity index (χ0n) is 80.0. The highest BCUT2D eigenvalue weighted by Gasteiger charge is 2.47. The van der Waals surface area contributed by atoms with Gasteiger partial charge in [-0.15, -0.1) is 79.4 Å². The Balaban J connectivity index is 0.000000112. The van der Waals surface area contributed by atoms with Crippen LogP contribution in [0.25, 0.3) is 0 Å². The van der Waals surface area contributed by atoms with Crippen LogP contribution in [0.3, 0.4) is 0 Å². The maximum atomic E-state index is 12.4. The smallest absolute Gasteiger partial charge is 0.265 e. The summed E-state index contributed by atoms with van der Waals surface area (Å²) >= 11 is 12.6. The number of carbonyl (C=O) groups excluding carboxylic acids is 16. The fourth-order valence-electron chi connectivity index (χ4n) is 21.8. The van der Waals surface area contributed by atoms with Crippen molar-refractivity contribution < 1.29 is 76.7 Å². The van der Waals surface area contributed by atoms with Gasteiger partial charge in [-0.25, -0.2) is 0 Å². The SMILES string of the molecule is C=C1CCC[C@@H](N2Cc3sccc3C2=O)C(=O)C1.C=C1CCC[C@H](N2Cc3c(csc3C)C2=O)C(=O)C1.C=C1CCC[C@H](N2Cc3ccsc3C2=O)C(=O)C1.C=C1CCC[C@H](N2Cc3cscc3C2=O)C(=O)C1.C=C1CCC[C@H](N2Cc3sccc3C2=O)C(=O)C1.C=C1CCC[C@H](N2Cc3sccc3C2=O)C(=O)C1.C=C1C[C@H](N2Cc3sccc3C2=O)C(=O)N1.O=C1CCCCC[C@@H]1N1Cc2sccc2C1=O. The van der Waals surface area contributed by atoms with Crippen molar-refractivity contribution in [3.05, 3.63) is 260 Å². The van der Waals surface area contributed by atoms with E-state index in [1.807, 2.05) is 91.7 Å². The molecule has 0 aromatic carbocycles. The predicted octanol–water partition coefficient (Wildman–Crippen LogP) is 20.7. The molecular formula is C109H117N9O16S8. The molecule has 7 aliphatic carbocycles. The number of amides is 9. The summed E-state index contributed by atoms with van der Waals surface area (Å²) in [5, 5.41) is 20.1. The lowest BCUT2D eigenvalue weighted by Crippen LogP contribution is -2.40. The molecule has 33 heteroatoms. The summed E-state index contributed by atoms with van der Waals surface area (Å²) in [6, 6.07) is 9.29. The fraction of sp³-hybridized carbons (Fsp3) is 0.431. The van der Waals surface area contributed by atoms with Crippen LogP contribution in [-0.2, 0) is 90.7 Å². The lowest BCUT2D eigenvalue weighted by atomic mass is 10.1. The van der Waals surface area contributed by atoms with Gasteiger partial charge in [-0.1, -0.05) is 92.3 Å². The first kappa shape index (κ1) is 102. The number of allylic oxidation sites excluding steroid dienone is 6. The third-order valence-corrected chi connectivity index (χ3v) is 36.7. The van der Waals surface area contributed by atoms with Crippen LogP contribution in [0.2, 0.25) is 0 Å². The molecule has 1 N–H and O–H groups in total. The number of ketones is 7. The van der Waals surface area contributed by atoms with Crippen LogP contribution in [0, 0.1) is 6.92 Å². The number of Topliss-reactive ketones (excluding diaryl/α,β-unsaturated/α-hetero) is 7.